The highest BCUT2D eigenvalue weighted by Gasteiger charge is 2.13. The van der Waals surface area contributed by atoms with E-state index in [1.165, 1.54) is 23.0 Å². The highest BCUT2D eigenvalue weighted by atomic mass is 32.2. The third-order valence-corrected chi connectivity index (χ3v) is 4.85. The average Bonchev–Trinajstić information content (AvgIpc) is 2.94. The largest absolute Gasteiger partial charge is 0.343 e. The maximum absolute atomic E-state index is 11.8. The summed E-state index contributed by atoms with van der Waals surface area (Å²) in [5.41, 5.74) is 1.08. The molecule has 0 aliphatic heterocycles. The topological polar surface area (TPSA) is 109 Å². The van der Waals surface area contributed by atoms with E-state index < -0.39 is 11.9 Å². The van der Waals surface area contributed by atoms with Gasteiger partial charge in [0.1, 0.15) is 0 Å². The molecule has 1 aromatic heterocycles. The smallest absolute Gasteiger partial charge is 0.337 e. The van der Waals surface area contributed by atoms with Crippen LogP contribution < -0.4 is 16.3 Å². The van der Waals surface area contributed by atoms with Crippen LogP contribution in [-0.4, -0.2) is 39.0 Å². The van der Waals surface area contributed by atoms with E-state index >= 15 is 0 Å². The predicted octanol–water partition coefficient (Wildman–Crippen LogP) is 1.79. The summed E-state index contributed by atoms with van der Waals surface area (Å²) < 4.78 is 1.48. The molecule has 1 aliphatic carbocycles. The minimum absolute atomic E-state index is 0.0204. The number of carbonyl (C=O) groups is 2. The molecule has 2 rings (SSSR count). The minimum Gasteiger partial charge on any atom is -0.337 e. The van der Waals surface area contributed by atoms with Crippen molar-refractivity contribution in [1.82, 2.24) is 25.4 Å². The van der Waals surface area contributed by atoms with E-state index in [0.717, 1.165) is 37.4 Å². The van der Waals surface area contributed by atoms with Gasteiger partial charge in [-0.25, -0.2) is 14.7 Å². The first-order chi connectivity index (χ1) is 12.1. The summed E-state index contributed by atoms with van der Waals surface area (Å²) in [4.78, 5) is 35.1. The molecule has 0 bridgehead atoms. The van der Waals surface area contributed by atoms with Crippen molar-refractivity contribution < 1.29 is 9.59 Å². The lowest BCUT2D eigenvalue weighted by molar-refractivity contribution is -0.117. The lowest BCUT2D eigenvalue weighted by Gasteiger charge is -2.13. The lowest BCUT2D eigenvalue weighted by atomic mass is 9.97. The van der Waals surface area contributed by atoms with Crippen LogP contribution in [0, 0.1) is 0 Å². The number of hydrogen-bond acceptors (Lipinski definition) is 5. The van der Waals surface area contributed by atoms with Crippen LogP contribution in [0.2, 0.25) is 0 Å². The van der Waals surface area contributed by atoms with Gasteiger partial charge in [-0.2, -0.15) is 0 Å². The van der Waals surface area contributed by atoms with Crippen molar-refractivity contribution >= 4 is 23.7 Å². The fraction of sp³-hybridized carbons (Fsp3) is 0.625. The normalized spacial score (nSPS) is 14.0. The van der Waals surface area contributed by atoms with Gasteiger partial charge in [0, 0.05) is 13.1 Å². The fourth-order valence-corrected chi connectivity index (χ4v) is 3.41. The molecule has 138 valence electrons. The molecule has 0 unspecified atom stereocenters. The first-order valence-electron chi connectivity index (χ1n) is 8.63. The second-order valence-corrected chi connectivity index (χ2v) is 6.86. The zero-order valence-corrected chi connectivity index (χ0v) is 15.3. The summed E-state index contributed by atoms with van der Waals surface area (Å²) in [6, 6.07) is -0.491. The molecule has 25 heavy (non-hydrogen) atoms. The van der Waals surface area contributed by atoms with Gasteiger partial charge >= 0.3 is 11.7 Å². The van der Waals surface area contributed by atoms with Gasteiger partial charge in [-0.1, -0.05) is 30.3 Å². The van der Waals surface area contributed by atoms with E-state index in [2.05, 4.69) is 26.9 Å². The molecule has 0 saturated heterocycles. The highest BCUT2D eigenvalue weighted by molar-refractivity contribution is 7.99. The van der Waals surface area contributed by atoms with E-state index in [4.69, 9.17) is 0 Å². The summed E-state index contributed by atoms with van der Waals surface area (Å²) >= 11 is 1.12. The standard InChI is InChI=1S/C16H25N5O3S/c1-2-10-21-15(24)19-20-16(21)25-11-13(22)18-14(23)17-9-8-12-6-4-3-5-7-12/h6H,2-5,7-11H2,1H3,(H,19,24)(H2,17,18,22,23). The number of urea groups is 1. The Bertz CT molecular complexity index is 680. The number of thioether (sulfide) groups is 1. The summed E-state index contributed by atoms with van der Waals surface area (Å²) in [6.07, 6.45) is 8.53. The fourth-order valence-electron chi connectivity index (χ4n) is 2.64. The van der Waals surface area contributed by atoms with Gasteiger partial charge in [-0.05, 0) is 38.5 Å². The number of allylic oxidation sites excluding steroid dienone is 1. The molecule has 8 nitrogen and oxygen atoms in total. The number of carbonyl (C=O) groups excluding carboxylic acids is 2. The Morgan fingerprint density at radius 2 is 2.24 bits per heavy atom. The van der Waals surface area contributed by atoms with Crippen LogP contribution in [0.15, 0.2) is 21.6 Å². The minimum atomic E-state index is -0.491. The molecule has 0 spiro atoms. The van der Waals surface area contributed by atoms with E-state index in [9.17, 15) is 14.4 Å². The molecule has 1 heterocycles. The second-order valence-electron chi connectivity index (χ2n) is 5.91. The van der Waals surface area contributed by atoms with Crippen molar-refractivity contribution in [2.45, 2.75) is 57.1 Å². The monoisotopic (exact) mass is 367 g/mol. The van der Waals surface area contributed by atoms with Gasteiger partial charge in [0.2, 0.25) is 5.91 Å². The maximum atomic E-state index is 11.8. The maximum Gasteiger partial charge on any atom is 0.343 e. The Hall–Kier alpha value is -2.03. The van der Waals surface area contributed by atoms with Gasteiger partial charge in [0.05, 0.1) is 5.75 Å². The quantitative estimate of drug-likeness (QED) is 0.479. The molecule has 3 amide bonds. The number of aromatic amines is 1. The molecule has 0 radical (unpaired) electrons. The Morgan fingerprint density at radius 3 is 2.96 bits per heavy atom. The Morgan fingerprint density at radius 1 is 1.40 bits per heavy atom. The summed E-state index contributed by atoms with van der Waals surface area (Å²) in [5.74, 6) is -0.398. The van der Waals surface area contributed by atoms with E-state index in [0.29, 0.717) is 18.2 Å². The number of H-pyrrole nitrogens is 1. The molecule has 0 aromatic carbocycles. The van der Waals surface area contributed by atoms with E-state index in [1.807, 2.05) is 6.92 Å². The first-order valence-corrected chi connectivity index (χ1v) is 9.62. The Balaban J connectivity index is 1.68. The predicted molar refractivity (Wildman–Crippen MR) is 96.6 cm³/mol. The highest BCUT2D eigenvalue weighted by Crippen LogP contribution is 2.19. The molecule has 1 aliphatic rings. The van der Waals surface area contributed by atoms with Gasteiger partial charge in [-0.3, -0.25) is 14.7 Å². The number of imide groups is 1. The van der Waals surface area contributed by atoms with E-state index in [1.54, 1.807) is 0 Å². The van der Waals surface area contributed by atoms with Crippen LogP contribution in [0.5, 0.6) is 0 Å². The summed E-state index contributed by atoms with van der Waals surface area (Å²) in [5, 5.41) is 11.7. The summed E-state index contributed by atoms with van der Waals surface area (Å²) in [7, 11) is 0. The van der Waals surface area contributed by atoms with Crippen molar-refractivity contribution in [2.24, 2.45) is 0 Å². The van der Waals surface area contributed by atoms with Gasteiger partial charge in [0.25, 0.3) is 0 Å². The number of nitrogens with zero attached hydrogens (tertiary/aromatic N) is 2. The van der Waals surface area contributed by atoms with Gasteiger partial charge in [0.15, 0.2) is 5.16 Å². The number of amides is 3. The average molecular weight is 367 g/mol. The van der Waals surface area contributed by atoms with Crippen LogP contribution in [0.1, 0.15) is 45.4 Å². The molecular formula is C16H25N5O3S. The van der Waals surface area contributed by atoms with E-state index in [-0.39, 0.29) is 11.4 Å². The first kappa shape index (κ1) is 19.3. The van der Waals surface area contributed by atoms with Crippen molar-refractivity contribution in [3.05, 3.63) is 22.1 Å². The van der Waals surface area contributed by atoms with Crippen LogP contribution >= 0.6 is 11.8 Å². The molecule has 0 fully saturated rings. The molecule has 3 N–H and O–H groups in total. The van der Waals surface area contributed by atoms with Crippen molar-refractivity contribution in [2.75, 3.05) is 12.3 Å². The zero-order chi connectivity index (χ0) is 18.1. The molecule has 0 atom stereocenters. The molecular weight excluding hydrogens is 342 g/mol. The number of nitrogens with one attached hydrogen (secondary N) is 3. The van der Waals surface area contributed by atoms with Crippen molar-refractivity contribution in [3.63, 3.8) is 0 Å². The SMILES string of the molecule is CCCn1c(SCC(=O)NC(=O)NCCC2=CCCCC2)n[nH]c1=O. The van der Waals surface area contributed by atoms with Crippen LogP contribution in [0.25, 0.3) is 0 Å². The Kier molecular flexibility index (Phi) is 7.77. The lowest BCUT2D eigenvalue weighted by Crippen LogP contribution is -2.40. The van der Waals surface area contributed by atoms with Crippen LogP contribution in [0.4, 0.5) is 4.79 Å². The second kappa shape index (κ2) is 10.1. The molecule has 0 saturated carbocycles. The number of aromatic nitrogens is 3. The van der Waals surface area contributed by atoms with Crippen LogP contribution in [-0.2, 0) is 11.3 Å². The number of hydrogen-bond donors (Lipinski definition) is 3. The van der Waals surface area contributed by atoms with Crippen molar-refractivity contribution in [3.8, 4) is 0 Å². The number of rotatable bonds is 8. The summed E-state index contributed by atoms with van der Waals surface area (Å²) in [6.45, 7) is 3.01. The van der Waals surface area contributed by atoms with Crippen LogP contribution in [0.3, 0.4) is 0 Å². The van der Waals surface area contributed by atoms with Crippen molar-refractivity contribution in [1.29, 1.82) is 0 Å². The molecule has 1 aromatic rings. The molecule has 9 heteroatoms. The third kappa shape index (κ3) is 6.41. The van der Waals surface area contributed by atoms with Gasteiger partial charge < -0.3 is 5.32 Å². The van der Waals surface area contributed by atoms with Gasteiger partial charge in [-0.15, -0.1) is 5.10 Å². The Labute approximate surface area is 150 Å². The zero-order valence-electron chi connectivity index (χ0n) is 14.5. The third-order valence-electron chi connectivity index (χ3n) is 3.87.